The van der Waals surface area contributed by atoms with E-state index >= 15 is 0 Å². The third-order valence-corrected chi connectivity index (χ3v) is 2.38. The quantitative estimate of drug-likeness (QED) is 0.632. The number of benzene rings is 1. The zero-order chi connectivity index (χ0) is 13.0. The van der Waals surface area contributed by atoms with Crippen molar-refractivity contribution in [2.45, 2.75) is 6.54 Å². The van der Waals surface area contributed by atoms with Gasteiger partial charge < -0.3 is 11.1 Å². The van der Waals surface area contributed by atoms with Crippen LogP contribution in [0.15, 0.2) is 54.9 Å². The van der Waals surface area contributed by atoms with Gasteiger partial charge >= 0.3 is 0 Å². The van der Waals surface area contributed by atoms with Gasteiger partial charge in [-0.1, -0.05) is 12.6 Å². The lowest BCUT2D eigenvalue weighted by atomic mass is 10.2. The standard InChI is InChI=1S/C13H14N4O/c1-10(9-17-7-3-6-15-17)13(18)16-12-5-2-4-11(14)8-12/h2-8H,1,9,14H2,(H,16,18). The van der Waals surface area contributed by atoms with Crippen molar-refractivity contribution in [1.29, 1.82) is 0 Å². The van der Waals surface area contributed by atoms with E-state index in [4.69, 9.17) is 5.73 Å². The Kier molecular flexibility index (Phi) is 3.43. The first-order valence-corrected chi connectivity index (χ1v) is 5.47. The van der Waals surface area contributed by atoms with Gasteiger partial charge in [0.2, 0.25) is 0 Å². The van der Waals surface area contributed by atoms with Gasteiger partial charge in [-0.2, -0.15) is 5.10 Å². The fraction of sp³-hybridized carbons (Fsp3) is 0.0769. The predicted molar refractivity (Wildman–Crippen MR) is 70.9 cm³/mol. The first kappa shape index (κ1) is 11.9. The third kappa shape index (κ3) is 2.98. The van der Waals surface area contributed by atoms with E-state index in [0.717, 1.165) is 0 Å². The Morgan fingerprint density at radius 2 is 2.28 bits per heavy atom. The maximum Gasteiger partial charge on any atom is 0.252 e. The summed E-state index contributed by atoms with van der Waals surface area (Å²) < 4.78 is 1.64. The van der Waals surface area contributed by atoms with E-state index in [1.807, 2.05) is 0 Å². The molecule has 5 heteroatoms. The fourth-order valence-corrected chi connectivity index (χ4v) is 1.50. The van der Waals surface area contributed by atoms with E-state index in [9.17, 15) is 4.79 Å². The Morgan fingerprint density at radius 1 is 1.44 bits per heavy atom. The van der Waals surface area contributed by atoms with Crippen LogP contribution in [0.1, 0.15) is 0 Å². The van der Waals surface area contributed by atoms with E-state index in [1.54, 1.807) is 47.4 Å². The Balaban J connectivity index is 1.97. The summed E-state index contributed by atoms with van der Waals surface area (Å²) in [5.41, 5.74) is 7.32. The number of nitrogen functional groups attached to an aromatic ring is 1. The molecule has 0 aliphatic carbocycles. The van der Waals surface area contributed by atoms with Gasteiger partial charge in [0.25, 0.3) is 5.91 Å². The molecular weight excluding hydrogens is 228 g/mol. The first-order valence-electron chi connectivity index (χ1n) is 5.47. The van der Waals surface area contributed by atoms with Gasteiger partial charge in [0.05, 0.1) is 6.54 Å². The van der Waals surface area contributed by atoms with Crippen LogP contribution in [0.4, 0.5) is 11.4 Å². The highest BCUT2D eigenvalue weighted by atomic mass is 16.1. The summed E-state index contributed by atoms with van der Waals surface area (Å²) in [6.45, 7) is 4.11. The zero-order valence-electron chi connectivity index (χ0n) is 9.84. The van der Waals surface area contributed by atoms with Crippen molar-refractivity contribution in [3.63, 3.8) is 0 Å². The van der Waals surface area contributed by atoms with Crippen LogP contribution in [-0.4, -0.2) is 15.7 Å². The molecule has 0 bridgehead atoms. The number of nitrogens with two attached hydrogens (primary N) is 1. The Morgan fingerprint density at radius 3 is 2.94 bits per heavy atom. The summed E-state index contributed by atoms with van der Waals surface area (Å²) in [4.78, 5) is 11.9. The molecule has 1 heterocycles. The van der Waals surface area contributed by atoms with E-state index in [2.05, 4.69) is 17.0 Å². The van der Waals surface area contributed by atoms with E-state index < -0.39 is 0 Å². The molecule has 0 radical (unpaired) electrons. The van der Waals surface area contributed by atoms with Crippen molar-refractivity contribution in [2.75, 3.05) is 11.1 Å². The van der Waals surface area contributed by atoms with E-state index in [-0.39, 0.29) is 5.91 Å². The highest BCUT2D eigenvalue weighted by Gasteiger charge is 2.08. The van der Waals surface area contributed by atoms with Crippen molar-refractivity contribution in [2.24, 2.45) is 0 Å². The van der Waals surface area contributed by atoms with Gasteiger partial charge in [0, 0.05) is 29.3 Å². The summed E-state index contributed by atoms with van der Waals surface area (Å²) in [6, 6.07) is 8.80. The summed E-state index contributed by atoms with van der Waals surface area (Å²) in [6.07, 6.45) is 3.43. The monoisotopic (exact) mass is 242 g/mol. The van der Waals surface area contributed by atoms with Crippen molar-refractivity contribution < 1.29 is 4.79 Å². The molecule has 18 heavy (non-hydrogen) atoms. The summed E-state index contributed by atoms with van der Waals surface area (Å²) >= 11 is 0. The number of nitrogens with zero attached hydrogens (tertiary/aromatic N) is 2. The molecule has 0 spiro atoms. The number of carbonyl (C=O) groups excluding carboxylic acids is 1. The highest BCUT2D eigenvalue weighted by Crippen LogP contribution is 2.12. The van der Waals surface area contributed by atoms with Crippen LogP contribution in [0.3, 0.4) is 0 Å². The first-order chi connectivity index (χ1) is 8.65. The summed E-state index contributed by atoms with van der Waals surface area (Å²) in [5.74, 6) is -0.240. The van der Waals surface area contributed by atoms with Crippen LogP contribution in [-0.2, 0) is 11.3 Å². The lowest BCUT2D eigenvalue weighted by Crippen LogP contribution is -2.17. The molecule has 1 amide bonds. The molecule has 1 aromatic carbocycles. The van der Waals surface area contributed by atoms with Crippen LogP contribution >= 0.6 is 0 Å². The Hall–Kier alpha value is -2.56. The third-order valence-electron chi connectivity index (χ3n) is 2.38. The molecule has 0 aliphatic rings. The number of hydrogen-bond acceptors (Lipinski definition) is 3. The summed E-state index contributed by atoms with van der Waals surface area (Å²) in [7, 11) is 0. The van der Waals surface area contributed by atoms with Crippen molar-refractivity contribution in [3.8, 4) is 0 Å². The second kappa shape index (κ2) is 5.18. The number of nitrogens with one attached hydrogen (secondary N) is 1. The van der Waals surface area contributed by atoms with Crippen LogP contribution in [0.25, 0.3) is 0 Å². The number of hydrogen-bond donors (Lipinski definition) is 2. The number of aromatic nitrogens is 2. The average molecular weight is 242 g/mol. The molecule has 1 aromatic heterocycles. The van der Waals surface area contributed by atoms with Crippen LogP contribution in [0.5, 0.6) is 0 Å². The molecule has 0 saturated heterocycles. The molecular formula is C13H14N4O. The molecule has 5 nitrogen and oxygen atoms in total. The molecule has 0 unspecified atom stereocenters. The van der Waals surface area contributed by atoms with Crippen LogP contribution < -0.4 is 11.1 Å². The smallest absolute Gasteiger partial charge is 0.252 e. The molecule has 0 aliphatic heterocycles. The highest BCUT2D eigenvalue weighted by molar-refractivity contribution is 6.03. The van der Waals surface area contributed by atoms with E-state index in [0.29, 0.717) is 23.5 Å². The second-order valence-corrected chi connectivity index (χ2v) is 3.89. The van der Waals surface area contributed by atoms with Gasteiger partial charge in [-0.25, -0.2) is 0 Å². The number of anilines is 2. The number of rotatable bonds is 4. The second-order valence-electron chi connectivity index (χ2n) is 3.89. The molecule has 92 valence electrons. The molecule has 0 saturated carbocycles. The van der Waals surface area contributed by atoms with Gasteiger partial charge in [-0.15, -0.1) is 0 Å². The maximum absolute atomic E-state index is 11.9. The van der Waals surface area contributed by atoms with Gasteiger partial charge in [0.15, 0.2) is 0 Å². The Bertz CT molecular complexity index is 560. The summed E-state index contributed by atoms with van der Waals surface area (Å²) in [5, 5.41) is 6.75. The lowest BCUT2D eigenvalue weighted by Gasteiger charge is -2.08. The van der Waals surface area contributed by atoms with Crippen LogP contribution in [0, 0.1) is 0 Å². The van der Waals surface area contributed by atoms with E-state index in [1.165, 1.54) is 0 Å². The van der Waals surface area contributed by atoms with Crippen molar-refractivity contribution in [3.05, 3.63) is 54.9 Å². The molecule has 3 N–H and O–H groups in total. The molecule has 2 aromatic rings. The number of carbonyl (C=O) groups is 1. The normalized spacial score (nSPS) is 10.0. The number of amides is 1. The largest absolute Gasteiger partial charge is 0.399 e. The maximum atomic E-state index is 11.9. The van der Waals surface area contributed by atoms with Crippen LogP contribution in [0.2, 0.25) is 0 Å². The Labute approximate surface area is 105 Å². The van der Waals surface area contributed by atoms with Crippen molar-refractivity contribution in [1.82, 2.24) is 9.78 Å². The minimum Gasteiger partial charge on any atom is -0.399 e. The lowest BCUT2D eigenvalue weighted by molar-refractivity contribution is -0.113. The van der Waals surface area contributed by atoms with Gasteiger partial charge in [-0.3, -0.25) is 9.48 Å². The minimum atomic E-state index is -0.240. The van der Waals surface area contributed by atoms with Gasteiger partial charge in [0.1, 0.15) is 0 Å². The molecule has 0 atom stereocenters. The minimum absolute atomic E-state index is 0.240. The van der Waals surface area contributed by atoms with Crippen molar-refractivity contribution >= 4 is 17.3 Å². The predicted octanol–water partition coefficient (Wildman–Crippen LogP) is 1.66. The molecule has 0 fully saturated rings. The van der Waals surface area contributed by atoms with Gasteiger partial charge in [-0.05, 0) is 24.3 Å². The fourth-order valence-electron chi connectivity index (χ4n) is 1.50. The topological polar surface area (TPSA) is 72.9 Å². The average Bonchev–Trinajstić information content (AvgIpc) is 2.81. The SMILES string of the molecule is C=C(Cn1cccn1)C(=O)Nc1cccc(N)c1. The zero-order valence-corrected chi connectivity index (χ0v) is 9.84. The molecule has 2 rings (SSSR count).